The Morgan fingerprint density at radius 3 is 2.78 bits per heavy atom. The van der Waals surface area contributed by atoms with Crippen molar-refractivity contribution in [3.63, 3.8) is 0 Å². The maximum Gasteiger partial charge on any atom is 0.341 e. The number of Topliss-reactive ketones (excluding diaryl/α,β-unsaturated/α-hetero) is 1. The van der Waals surface area contributed by atoms with Gasteiger partial charge >= 0.3 is 5.97 Å². The Balaban J connectivity index is 1.92. The molecule has 0 amide bonds. The quantitative estimate of drug-likeness (QED) is 0.624. The molecular formula is C12H12N2O3S. The number of thiophene rings is 1. The Hall–Kier alpha value is -1.95. The average Bonchev–Trinajstić information content (AvgIpc) is 2.94. The Morgan fingerprint density at radius 1 is 1.44 bits per heavy atom. The minimum Gasteiger partial charge on any atom is -0.454 e. The van der Waals surface area contributed by atoms with E-state index in [4.69, 9.17) is 4.74 Å². The number of carbonyl (C=O) groups excluding carboxylic acids is 2. The molecule has 0 unspecified atom stereocenters. The Bertz CT molecular complexity index is 533. The topological polar surface area (TPSA) is 61.2 Å². The van der Waals surface area contributed by atoms with E-state index in [-0.39, 0.29) is 12.4 Å². The van der Waals surface area contributed by atoms with Crippen molar-refractivity contribution in [2.45, 2.75) is 6.92 Å². The third-order valence-electron chi connectivity index (χ3n) is 2.29. The SMILES string of the molecule is Cc1ccc(C(=O)COC(=O)c2cnn(C)c2)s1. The summed E-state index contributed by atoms with van der Waals surface area (Å²) < 4.78 is 6.43. The van der Waals surface area contributed by atoms with E-state index in [1.165, 1.54) is 22.2 Å². The number of rotatable bonds is 4. The van der Waals surface area contributed by atoms with Crippen LogP contribution in [0.15, 0.2) is 24.5 Å². The summed E-state index contributed by atoms with van der Waals surface area (Å²) >= 11 is 1.39. The van der Waals surface area contributed by atoms with Crippen LogP contribution >= 0.6 is 11.3 Å². The molecule has 0 aliphatic rings. The number of esters is 1. The number of aromatic nitrogens is 2. The van der Waals surface area contributed by atoms with Crippen molar-refractivity contribution in [1.82, 2.24) is 9.78 Å². The lowest BCUT2D eigenvalue weighted by atomic mass is 10.3. The number of aryl methyl sites for hydroxylation is 2. The molecule has 5 nitrogen and oxygen atoms in total. The molecule has 0 spiro atoms. The highest BCUT2D eigenvalue weighted by Crippen LogP contribution is 2.15. The van der Waals surface area contributed by atoms with Gasteiger partial charge in [0.05, 0.1) is 16.6 Å². The van der Waals surface area contributed by atoms with Crippen LogP contribution in [0, 0.1) is 6.92 Å². The van der Waals surface area contributed by atoms with Gasteiger partial charge in [0.2, 0.25) is 5.78 Å². The second kappa shape index (κ2) is 5.14. The largest absolute Gasteiger partial charge is 0.454 e. The van der Waals surface area contributed by atoms with Crippen molar-refractivity contribution in [3.8, 4) is 0 Å². The van der Waals surface area contributed by atoms with Gasteiger partial charge in [-0.25, -0.2) is 4.79 Å². The number of nitrogens with zero attached hydrogens (tertiary/aromatic N) is 2. The first kappa shape index (κ1) is 12.5. The van der Waals surface area contributed by atoms with Crippen LogP contribution in [-0.4, -0.2) is 28.1 Å². The van der Waals surface area contributed by atoms with Crippen LogP contribution in [0.25, 0.3) is 0 Å². The first-order valence-corrected chi connectivity index (χ1v) is 6.13. The number of hydrogen-bond acceptors (Lipinski definition) is 5. The predicted molar refractivity (Wildman–Crippen MR) is 66.9 cm³/mol. The minimum atomic E-state index is -0.537. The average molecular weight is 264 g/mol. The van der Waals surface area contributed by atoms with Crippen LogP contribution in [0.2, 0.25) is 0 Å². The van der Waals surface area contributed by atoms with Crippen molar-refractivity contribution in [1.29, 1.82) is 0 Å². The van der Waals surface area contributed by atoms with Gasteiger partial charge in [-0.2, -0.15) is 5.10 Å². The molecule has 6 heteroatoms. The normalized spacial score (nSPS) is 10.3. The molecule has 2 heterocycles. The summed E-state index contributed by atoms with van der Waals surface area (Å²) in [6.45, 7) is 1.68. The predicted octanol–water partition coefficient (Wildman–Crippen LogP) is 1.83. The third kappa shape index (κ3) is 2.84. The molecule has 0 atom stereocenters. The molecule has 0 radical (unpaired) electrons. The van der Waals surface area contributed by atoms with Crippen LogP contribution in [0.1, 0.15) is 24.9 Å². The summed E-state index contributed by atoms with van der Waals surface area (Å²) in [6, 6.07) is 3.60. The molecule has 94 valence electrons. The number of ketones is 1. The van der Waals surface area contributed by atoms with Crippen LogP contribution < -0.4 is 0 Å². The molecule has 2 aromatic heterocycles. The van der Waals surface area contributed by atoms with E-state index >= 15 is 0 Å². The Morgan fingerprint density at radius 2 is 2.22 bits per heavy atom. The van der Waals surface area contributed by atoms with Gasteiger partial charge in [-0.05, 0) is 19.1 Å². The number of hydrogen-bond donors (Lipinski definition) is 0. The Kier molecular flexibility index (Phi) is 3.57. The molecule has 0 saturated heterocycles. The first-order chi connectivity index (χ1) is 8.56. The fraction of sp³-hybridized carbons (Fsp3) is 0.250. The van der Waals surface area contributed by atoms with E-state index in [9.17, 15) is 9.59 Å². The van der Waals surface area contributed by atoms with Gasteiger partial charge in [-0.3, -0.25) is 9.48 Å². The smallest absolute Gasteiger partial charge is 0.341 e. The first-order valence-electron chi connectivity index (χ1n) is 5.31. The molecule has 2 rings (SSSR count). The molecule has 0 bridgehead atoms. The standard InChI is InChI=1S/C12H12N2O3S/c1-8-3-4-11(18-8)10(15)7-17-12(16)9-5-13-14(2)6-9/h3-6H,7H2,1-2H3. The van der Waals surface area contributed by atoms with Crippen molar-refractivity contribution in [2.24, 2.45) is 7.05 Å². The maximum atomic E-state index is 11.7. The highest BCUT2D eigenvalue weighted by molar-refractivity contribution is 7.14. The molecule has 2 aromatic rings. The molecule has 0 N–H and O–H groups in total. The van der Waals surface area contributed by atoms with E-state index < -0.39 is 5.97 Å². The minimum absolute atomic E-state index is 0.189. The van der Waals surface area contributed by atoms with Gasteiger partial charge in [0.15, 0.2) is 6.61 Å². The van der Waals surface area contributed by atoms with Gasteiger partial charge in [0, 0.05) is 18.1 Å². The van der Waals surface area contributed by atoms with Crippen molar-refractivity contribution < 1.29 is 14.3 Å². The molecule has 0 saturated carbocycles. The molecule has 0 aliphatic carbocycles. The fourth-order valence-corrected chi connectivity index (χ4v) is 2.19. The van der Waals surface area contributed by atoms with E-state index in [2.05, 4.69) is 5.10 Å². The van der Waals surface area contributed by atoms with E-state index in [0.29, 0.717) is 10.4 Å². The molecular weight excluding hydrogens is 252 g/mol. The monoisotopic (exact) mass is 264 g/mol. The zero-order valence-electron chi connectivity index (χ0n) is 10.0. The third-order valence-corrected chi connectivity index (χ3v) is 3.33. The summed E-state index contributed by atoms with van der Waals surface area (Å²) in [5.74, 6) is -0.727. The lowest BCUT2D eigenvalue weighted by Crippen LogP contribution is -2.13. The van der Waals surface area contributed by atoms with E-state index in [1.807, 2.05) is 13.0 Å². The van der Waals surface area contributed by atoms with Gasteiger partial charge in [-0.1, -0.05) is 0 Å². The number of carbonyl (C=O) groups is 2. The zero-order valence-corrected chi connectivity index (χ0v) is 10.9. The van der Waals surface area contributed by atoms with E-state index in [1.54, 1.807) is 19.3 Å². The Labute approximate surface area is 108 Å². The van der Waals surface area contributed by atoms with Gasteiger partial charge in [0.1, 0.15) is 0 Å². The molecule has 0 fully saturated rings. The van der Waals surface area contributed by atoms with Crippen LogP contribution in [-0.2, 0) is 11.8 Å². The van der Waals surface area contributed by atoms with Gasteiger partial charge < -0.3 is 4.74 Å². The molecule has 0 aromatic carbocycles. The highest BCUT2D eigenvalue weighted by Gasteiger charge is 2.14. The molecule has 18 heavy (non-hydrogen) atoms. The summed E-state index contributed by atoms with van der Waals surface area (Å²) in [4.78, 5) is 24.9. The lowest BCUT2D eigenvalue weighted by molar-refractivity contribution is 0.0475. The van der Waals surface area contributed by atoms with Gasteiger partial charge in [0.25, 0.3) is 0 Å². The highest BCUT2D eigenvalue weighted by atomic mass is 32.1. The summed E-state index contributed by atoms with van der Waals surface area (Å²) in [6.07, 6.45) is 2.95. The maximum absolute atomic E-state index is 11.7. The molecule has 0 aliphatic heterocycles. The second-order valence-electron chi connectivity index (χ2n) is 3.81. The van der Waals surface area contributed by atoms with Crippen molar-refractivity contribution >= 4 is 23.1 Å². The summed E-state index contributed by atoms with van der Waals surface area (Å²) in [5, 5.41) is 3.86. The van der Waals surface area contributed by atoms with Crippen molar-refractivity contribution in [2.75, 3.05) is 6.61 Å². The van der Waals surface area contributed by atoms with E-state index in [0.717, 1.165) is 4.88 Å². The second-order valence-corrected chi connectivity index (χ2v) is 5.10. The zero-order chi connectivity index (χ0) is 13.1. The lowest BCUT2D eigenvalue weighted by Gasteiger charge is -2.00. The van der Waals surface area contributed by atoms with Crippen molar-refractivity contribution in [3.05, 3.63) is 39.8 Å². The number of ether oxygens (including phenoxy) is 1. The van der Waals surface area contributed by atoms with Gasteiger partial charge in [-0.15, -0.1) is 11.3 Å². The summed E-state index contributed by atoms with van der Waals surface area (Å²) in [5.41, 5.74) is 0.340. The van der Waals surface area contributed by atoms with Crippen LogP contribution in [0.5, 0.6) is 0 Å². The van der Waals surface area contributed by atoms with Crippen LogP contribution in [0.3, 0.4) is 0 Å². The van der Waals surface area contributed by atoms with Crippen LogP contribution in [0.4, 0.5) is 0 Å². The fourth-order valence-electron chi connectivity index (χ4n) is 1.40. The summed E-state index contributed by atoms with van der Waals surface area (Å²) in [7, 11) is 1.70.